The summed E-state index contributed by atoms with van der Waals surface area (Å²) in [6.45, 7) is 0.322. The molecule has 1 fully saturated rings. The molecule has 23 heavy (non-hydrogen) atoms. The van der Waals surface area contributed by atoms with Crippen LogP contribution < -0.4 is 5.73 Å². The number of likely N-dealkylation sites (tertiary alicyclic amines) is 1. The third-order valence-corrected chi connectivity index (χ3v) is 4.16. The number of carbonyl (C=O) groups is 3. The number of carboxylic acids is 2. The van der Waals surface area contributed by atoms with Gasteiger partial charge >= 0.3 is 11.9 Å². The maximum atomic E-state index is 12.3. The fraction of sp³-hybridized carbons (Fsp3) is 0.438. The molecule has 3 atom stereocenters. The number of hydrogen-bond donors (Lipinski definition) is 3. The summed E-state index contributed by atoms with van der Waals surface area (Å²) >= 11 is 0. The van der Waals surface area contributed by atoms with E-state index in [4.69, 9.17) is 10.8 Å². The van der Waals surface area contributed by atoms with Crippen LogP contribution in [0.3, 0.4) is 0 Å². The number of hydrogen-bond acceptors (Lipinski definition) is 4. The van der Waals surface area contributed by atoms with Gasteiger partial charge in [0.05, 0.1) is 0 Å². The molecule has 1 heterocycles. The first kappa shape index (κ1) is 17.0. The summed E-state index contributed by atoms with van der Waals surface area (Å²) in [6, 6.07) is 7.46. The molecule has 0 saturated carbocycles. The van der Waals surface area contributed by atoms with E-state index in [1.54, 1.807) is 0 Å². The van der Waals surface area contributed by atoms with Gasteiger partial charge in [-0.15, -0.1) is 0 Å². The first-order chi connectivity index (χ1) is 10.9. The van der Waals surface area contributed by atoms with E-state index in [1.807, 2.05) is 30.3 Å². The first-order valence-corrected chi connectivity index (χ1v) is 7.45. The summed E-state index contributed by atoms with van der Waals surface area (Å²) in [5.74, 6) is -2.61. The predicted octanol–water partition coefficient (Wildman–Crippen LogP) is 0.648. The average molecular weight is 320 g/mol. The summed E-state index contributed by atoms with van der Waals surface area (Å²) in [7, 11) is 0. The minimum Gasteiger partial charge on any atom is -0.480 e. The largest absolute Gasteiger partial charge is 0.480 e. The summed E-state index contributed by atoms with van der Waals surface area (Å²) in [4.78, 5) is 35.7. The molecule has 1 aliphatic heterocycles. The van der Waals surface area contributed by atoms with Crippen LogP contribution in [-0.2, 0) is 14.4 Å². The van der Waals surface area contributed by atoms with E-state index in [0.717, 1.165) is 5.56 Å². The SMILES string of the molecule is N[C@@H](CCC(=O)N1C[C@H](c2ccccc2)C[C@H]1C(=O)O)C(=O)O. The second kappa shape index (κ2) is 7.23. The average Bonchev–Trinajstić information content (AvgIpc) is 2.98. The van der Waals surface area contributed by atoms with Gasteiger partial charge in [0, 0.05) is 18.9 Å². The fourth-order valence-corrected chi connectivity index (χ4v) is 2.86. The highest BCUT2D eigenvalue weighted by Crippen LogP contribution is 2.32. The van der Waals surface area contributed by atoms with Crippen LogP contribution >= 0.6 is 0 Å². The molecule has 0 radical (unpaired) electrons. The summed E-state index contributed by atoms with van der Waals surface area (Å²) in [6.07, 6.45) is 0.280. The van der Waals surface area contributed by atoms with Crippen LogP contribution in [0.5, 0.6) is 0 Å². The predicted molar refractivity (Wildman–Crippen MR) is 81.8 cm³/mol. The van der Waals surface area contributed by atoms with Gasteiger partial charge in [-0.2, -0.15) is 0 Å². The van der Waals surface area contributed by atoms with Gasteiger partial charge in [-0.25, -0.2) is 4.79 Å². The van der Waals surface area contributed by atoms with Crippen LogP contribution in [0.4, 0.5) is 0 Å². The summed E-state index contributed by atoms with van der Waals surface area (Å²) in [5, 5.41) is 18.1. The molecule has 1 saturated heterocycles. The van der Waals surface area contributed by atoms with Crippen molar-refractivity contribution in [1.29, 1.82) is 0 Å². The zero-order valence-corrected chi connectivity index (χ0v) is 12.6. The van der Waals surface area contributed by atoms with Crippen LogP contribution in [0.15, 0.2) is 30.3 Å². The van der Waals surface area contributed by atoms with Crippen LogP contribution in [-0.4, -0.2) is 51.6 Å². The molecule has 4 N–H and O–H groups in total. The Hall–Kier alpha value is -2.41. The van der Waals surface area contributed by atoms with Crippen molar-refractivity contribution in [3.63, 3.8) is 0 Å². The van der Waals surface area contributed by atoms with Crippen LogP contribution in [0.25, 0.3) is 0 Å². The number of carboxylic acid groups (broad SMARTS) is 2. The van der Waals surface area contributed by atoms with Gasteiger partial charge in [0.1, 0.15) is 12.1 Å². The molecule has 2 rings (SSSR count). The minimum absolute atomic E-state index is 0.00694. The molecule has 7 nitrogen and oxygen atoms in total. The van der Waals surface area contributed by atoms with Crippen molar-refractivity contribution in [3.8, 4) is 0 Å². The van der Waals surface area contributed by atoms with Crippen molar-refractivity contribution >= 4 is 17.8 Å². The molecule has 0 spiro atoms. The maximum absolute atomic E-state index is 12.3. The van der Waals surface area contributed by atoms with Gasteiger partial charge in [-0.3, -0.25) is 9.59 Å². The Morgan fingerprint density at radius 3 is 2.43 bits per heavy atom. The third-order valence-electron chi connectivity index (χ3n) is 4.16. The molecule has 1 aromatic rings. The number of aliphatic carboxylic acids is 2. The maximum Gasteiger partial charge on any atom is 0.326 e. The quantitative estimate of drug-likeness (QED) is 0.707. The molecule has 0 aliphatic carbocycles. The molecule has 0 bridgehead atoms. The van der Waals surface area contributed by atoms with Gasteiger partial charge in [-0.1, -0.05) is 30.3 Å². The summed E-state index contributed by atoms with van der Waals surface area (Å²) < 4.78 is 0. The molecule has 1 amide bonds. The van der Waals surface area contributed by atoms with E-state index < -0.39 is 24.0 Å². The van der Waals surface area contributed by atoms with E-state index in [2.05, 4.69) is 0 Å². The zero-order chi connectivity index (χ0) is 17.0. The number of nitrogens with two attached hydrogens (primary N) is 1. The number of carbonyl (C=O) groups excluding carboxylic acids is 1. The van der Waals surface area contributed by atoms with E-state index >= 15 is 0 Å². The number of amides is 1. The molecular weight excluding hydrogens is 300 g/mol. The number of rotatable bonds is 6. The highest BCUT2D eigenvalue weighted by atomic mass is 16.4. The fourth-order valence-electron chi connectivity index (χ4n) is 2.86. The van der Waals surface area contributed by atoms with Gasteiger partial charge in [0.15, 0.2) is 0 Å². The van der Waals surface area contributed by atoms with Gasteiger partial charge in [0.25, 0.3) is 0 Å². The lowest BCUT2D eigenvalue weighted by atomic mass is 9.96. The molecule has 124 valence electrons. The van der Waals surface area contributed by atoms with Crippen molar-refractivity contribution in [2.45, 2.75) is 37.3 Å². The Kier molecular flexibility index (Phi) is 5.33. The Morgan fingerprint density at radius 1 is 1.22 bits per heavy atom. The van der Waals surface area contributed by atoms with E-state index in [-0.39, 0.29) is 24.7 Å². The Morgan fingerprint density at radius 2 is 1.87 bits per heavy atom. The molecular formula is C16H20N2O5. The van der Waals surface area contributed by atoms with Crippen molar-refractivity contribution < 1.29 is 24.6 Å². The Labute approximate surface area is 133 Å². The van der Waals surface area contributed by atoms with Gasteiger partial charge < -0.3 is 20.8 Å². The van der Waals surface area contributed by atoms with Crippen LogP contribution in [0.2, 0.25) is 0 Å². The number of nitrogens with zero attached hydrogens (tertiary/aromatic N) is 1. The van der Waals surface area contributed by atoms with Crippen LogP contribution in [0, 0.1) is 0 Å². The minimum atomic E-state index is -1.17. The lowest BCUT2D eigenvalue weighted by Gasteiger charge is -2.22. The van der Waals surface area contributed by atoms with Crippen molar-refractivity contribution in [2.75, 3.05) is 6.54 Å². The monoisotopic (exact) mass is 320 g/mol. The highest BCUT2D eigenvalue weighted by Gasteiger charge is 2.39. The Bertz CT molecular complexity index is 589. The third kappa shape index (κ3) is 4.07. The Balaban J connectivity index is 2.05. The number of benzene rings is 1. The van der Waals surface area contributed by atoms with E-state index in [1.165, 1.54) is 4.90 Å². The standard InChI is InChI=1S/C16H20N2O5/c17-12(15(20)21)6-7-14(19)18-9-11(8-13(18)16(22)23)10-4-2-1-3-5-10/h1-5,11-13H,6-9,17H2,(H,20,21)(H,22,23)/t11-,12+,13+/m1/s1. The molecule has 0 unspecified atom stereocenters. The van der Waals surface area contributed by atoms with Crippen LogP contribution in [0.1, 0.15) is 30.7 Å². The molecule has 1 aliphatic rings. The molecule has 0 aromatic heterocycles. The van der Waals surface area contributed by atoms with Gasteiger partial charge in [0.2, 0.25) is 5.91 Å². The highest BCUT2D eigenvalue weighted by molar-refractivity contribution is 5.85. The second-order valence-corrected chi connectivity index (χ2v) is 5.73. The second-order valence-electron chi connectivity index (χ2n) is 5.73. The van der Waals surface area contributed by atoms with Gasteiger partial charge in [-0.05, 0) is 18.4 Å². The lowest BCUT2D eigenvalue weighted by Crippen LogP contribution is -2.41. The van der Waals surface area contributed by atoms with Crippen molar-refractivity contribution in [2.24, 2.45) is 5.73 Å². The lowest BCUT2D eigenvalue weighted by molar-refractivity contribution is -0.148. The van der Waals surface area contributed by atoms with E-state index in [0.29, 0.717) is 13.0 Å². The van der Waals surface area contributed by atoms with Crippen molar-refractivity contribution in [3.05, 3.63) is 35.9 Å². The topological polar surface area (TPSA) is 121 Å². The normalized spacial score (nSPS) is 21.9. The molecule has 7 heteroatoms. The summed E-state index contributed by atoms with van der Waals surface area (Å²) in [5.41, 5.74) is 6.39. The first-order valence-electron chi connectivity index (χ1n) is 7.45. The zero-order valence-electron chi connectivity index (χ0n) is 12.6. The van der Waals surface area contributed by atoms with Crippen molar-refractivity contribution in [1.82, 2.24) is 4.90 Å². The smallest absolute Gasteiger partial charge is 0.326 e. The molecule has 1 aromatic carbocycles. The van der Waals surface area contributed by atoms with E-state index in [9.17, 15) is 19.5 Å².